The molecule has 1 aromatic rings. The number of hydrogen-bond donors (Lipinski definition) is 2. The monoisotopic (exact) mass is 555 g/mol. The summed E-state index contributed by atoms with van der Waals surface area (Å²) in [4.78, 5) is 31.2. The Balaban J connectivity index is 0.00000289. The molecule has 1 saturated heterocycles. The van der Waals surface area contributed by atoms with E-state index in [-0.39, 0.29) is 59.5 Å². The molecule has 1 saturated carbocycles. The first-order valence-corrected chi connectivity index (χ1v) is 11.5. The fourth-order valence-electron chi connectivity index (χ4n) is 5.33. The van der Waals surface area contributed by atoms with Crippen molar-refractivity contribution in [2.45, 2.75) is 52.0 Å². The van der Waals surface area contributed by atoms with Crippen LogP contribution in [0.3, 0.4) is 0 Å². The van der Waals surface area contributed by atoms with Crippen molar-refractivity contribution in [3.63, 3.8) is 0 Å². The van der Waals surface area contributed by atoms with Crippen LogP contribution in [0, 0.1) is 23.7 Å². The molecule has 0 radical (unpaired) electrons. The van der Waals surface area contributed by atoms with Crippen molar-refractivity contribution in [2.75, 3.05) is 20.1 Å². The Kier molecular flexibility index (Phi) is 8.35. The third kappa shape index (κ3) is 4.72. The third-order valence-electron chi connectivity index (χ3n) is 7.05. The van der Waals surface area contributed by atoms with Crippen LogP contribution >= 0.6 is 24.0 Å². The molecule has 0 aromatic carbocycles. The van der Waals surface area contributed by atoms with Gasteiger partial charge < -0.3 is 15.2 Å². The van der Waals surface area contributed by atoms with E-state index in [1.54, 1.807) is 7.05 Å². The zero-order valence-corrected chi connectivity index (χ0v) is 21.4. The van der Waals surface area contributed by atoms with Crippen molar-refractivity contribution < 1.29 is 14.1 Å². The number of likely N-dealkylation sites (tertiary alicyclic amines) is 1. The quantitative estimate of drug-likeness (QED) is 0.121. The second-order valence-electron chi connectivity index (χ2n) is 8.77. The molecule has 4 atom stereocenters. The van der Waals surface area contributed by atoms with E-state index in [0.717, 1.165) is 30.7 Å². The van der Waals surface area contributed by atoms with Crippen LogP contribution in [0.15, 0.2) is 27.7 Å². The molecule has 2 amide bonds. The molecular weight excluding hydrogens is 521 g/mol. The fourth-order valence-corrected chi connectivity index (χ4v) is 5.33. The third-order valence-corrected chi connectivity index (χ3v) is 7.05. The van der Waals surface area contributed by atoms with Crippen LogP contribution in [0.4, 0.5) is 0 Å². The average Bonchev–Trinajstić information content (AvgIpc) is 3.55. The Hall–Kier alpha value is -1.91. The van der Waals surface area contributed by atoms with Crippen molar-refractivity contribution in [2.24, 2.45) is 28.7 Å². The summed E-state index contributed by atoms with van der Waals surface area (Å²) in [6.07, 6.45) is 7.98. The summed E-state index contributed by atoms with van der Waals surface area (Å²) in [7, 11) is 1.71. The highest BCUT2D eigenvalue weighted by atomic mass is 127. The highest BCUT2D eigenvalue weighted by molar-refractivity contribution is 14.0. The van der Waals surface area contributed by atoms with Gasteiger partial charge in [0.25, 0.3) is 0 Å². The smallest absolute Gasteiger partial charge is 0.233 e. The van der Waals surface area contributed by atoms with Gasteiger partial charge in [0.2, 0.25) is 11.8 Å². The van der Waals surface area contributed by atoms with Gasteiger partial charge in [-0.15, -0.1) is 24.0 Å². The number of allylic oxidation sites excluding steroid dienone is 2. The van der Waals surface area contributed by atoms with E-state index in [1.807, 2.05) is 6.07 Å². The topological polar surface area (TPSA) is 99.8 Å². The van der Waals surface area contributed by atoms with Gasteiger partial charge in [-0.3, -0.25) is 19.5 Å². The normalized spacial score (nSPS) is 26.1. The zero-order chi connectivity index (χ0) is 22.0. The number of rotatable bonds is 9. The highest BCUT2D eigenvalue weighted by Crippen LogP contribution is 2.52. The van der Waals surface area contributed by atoms with Gasteiger partial charge in [0.05, 0.1) is 24.1 Å². The van der Waals surface area contributed by atoms with Crippen LogP contribution in [0.2, 0.25) is 0 Å². The highest BCUT2D eigenvalue weighted by Gasteiger charge is 2.58. The largest absolute Gasteiger partial charge is 0.359 e. The molecule has 32 heavy (non-hydrogen) atoms. The van der Waals surface area contributed by atoms with Gasteiger partial charge in [-0.2, -0.15) is 0 Å². The molecule has 3 aliphatic rings. The number of carbonyl (C=O) groups is 2. The lowest BCUT2D eigenvalue weighted by molar-refractivity contribution is -0.140. The van der Waals surface area contributed by atoms with Crippen molar-refractivity contribution in [1.29, 1.82) is 0 Å². The van der Waals surface area contributed by atoms with E-state index in [2.05, 4.69) is 46.8 Å². The predicted molar refractivity (Wildman–Crippen MR) is 132 cm³/mol. The molecule has 4 rings (SSSR count). The molecule has 0 spiro atoms. The van der Waals surface area contributed by atoms with Gasteiger partial charge in [0, 0.05) is 32.1 Å². The number of nitrogens with one attached hydrogen (secondary N) is 2. The van der Waals surface area contributed by atoms with Gasteiger partial charge in [0.15, 0.2) is 11.7 Å². The molecule has 8 nitrogen and oxygen atoms in total. The minimum atomic E-state index is -0.114. The van der Waals surface area contributed by atoms with Crippen molar-refractivity contribution in [1.82, 2.24) is 20.7 Å². The fraction of sp³-hybridized carbons (Fsp3) is 0.652. The van der Waals surface area contributed by atoms with Crippen LogP contribution in [-0.2, 0) is 16.1 Å². The first kappa shape index (κ1) is 24.7. The lowest BCUT2D eigenvalue weighted by atomic mass is 9.85. The number of guanidine groups is 1. The summed E-state index contributed by atoms with van der Waals surface area (Å²) in [5.74, 6) is 2.19. The van der Waals surface area contributed by atoms with E-state index >= 15 is 0 Å². The van der Waals surface area contributed by atoms with Gasteiger partial charge in [0.1, 0.15) is 0 Å². The molecule has 1 aromatic heterocycles. The van der Waals surface area contributed by atoms with Crippen LogP contribution in [0.1, 0.15) is 56.9 Å². The molecule has 2 N–H and O–H groups in total. The molecule has 2 aliphatic carbocycles. The molecule has 4 unspecified atom stereocenters. The molecule has 9 heteroatoms. The summed E-state index contributed by atoms with van der Waals surface area (Å²) >= 11 is 0. The number of aliphatic imine (C=N–C) groups is 1. The number of hydrogen-bond acceptors (Lipinski definition) is 5. The van der Waals surface area contributed by atoms with E-state index in [0.29, 0.717) is 37.9 Å². The van der Waals surface area contributed by atoms with E-state index in [9.17, 15) is 9.59 Å². The molecule has 2 fully saturated rings. The number of amides is 2. The number of nitrogens with zero attached hydrogens (tertiary/aromatic N) is 3. The SMILES string of the molecule is CCC(CC)c1cc(CNC(=NC)NCCCN2C(=O)C3C4C=CC(C4)C3C2=O)on1.I. The first-order chi connectivity index (χ1) is 15.1. The molecule has 2 bridgehead atoms. The van der Waals surface area contributed by atoms with Crippen LogP contribution in [0.25, 0.3) is 0 Å². The van der Waals surface area contributed by atoms with Crippen molar-refractivity contribution >= 4 is 41.8 Å². The Morgan fingerprint density at radius 1 is 1.19 bits per heavy atom. The van der Waals surface area contributed by atoms with Gasteiger partial charge in [-0.1, -0.05) is 31.2 Å². The Labute approximate surface area is 206 Å². The van der Waals surface area contributed by atoms with E-state index in [4.69, 9.17) is 4.52 Å². The molecule has 176 valence electrons. The molecule has 1 aliphatic heterocycles. The maximum absolute atomic E-state index is 12.7. The standard InChI is InChI=1S/C23H33N5O3.HI/c1-4-14(5-2)18-12-17(31-27-18)13-26-23(24-3)25-9-6-10-28-21(29)19-15-7-8-16(11-15)20(19)22(28)30;/h7-8,12,14-16,19-20H,4-6,9-11,13H2,1-3H3,(H2,24,25,26);1H. The lowest BCUT2D eigenvalue weighted by Gasteiger charge is -2.17. The Morgan fingerprint density at radius 3 is 2.44 bits per heavy atom. The minimum Gasteiger partial charge on any atom is -0.359 e. The van der Waals surface area contributed by atoms with Gasteiger partial charge in [-0.25, -0.2) is 0 Å². The van der Waals surface area contributed by atoms with E-state index < -0.39 is 0 Å². The van der Waals surface area contributed by atoms with Crippen LogP contribution < -0.4 is 10.6 Å². The second kappa shape index (κ2) is 10.8. The molecular formula is C23H34IN5O3. The average molecular weight is 555 g/mol. The Bertz CT molecular complexity index is 849. The summed E-state index contributed by atoms with van der Waals surface area (Å²) in [6, 6.07) is 2.00. The maximum Gasteiger partial charge on any atom is 0.233 e. The predicted octanol–water partition coefficient (Wildman–Crippen LogP) is 3.06. The number of carbonyl (C=O) groups excluding carboxylic acids is 2. The maximum atomic E-state index is 12.7. The first-order valence-electron chi connectivity index (χ1n) is 11.5. The van der Waals surface area contributed by atoms with Crippen molar-refractivity contribution in [3.8, 4) is 0 Å². The summed E-state index contributed by atoms with van der Waals surface area (Å²) in [5, 5.41) is 10.6. The van der Waals surface area contributed by atoms with Gasteiger partial charge in [-0.05, 0) is 37.5 Å². The van der Waals surface area contributed by atoms with Gasteiger partial charge >= 0.3 is 0 Å². The van der Waals surface area contributed by atoms with Crippen molar-refractivity contribution in [3.05, 3.63) is 29.7 Å². The molecule has 2 heterocycles. The number of aromatic nitrogens is 1. The Morgan fingerprint density at radius 2 is 1.84 bits per heavy atom. The zero-order valence-electron chi connectivity index (χ0n) is 19.0. The number of halogens is 1. The lowest BCUT2D eigenvalue weighted by Crippen LogP contribution is -2.39. The number of fused-ring (bicyclic) bond motifs is 5. The minimum absolute atomic E-state index is 0. The summed E-state index contributed by atoms with van der Waals surface area (Å²) in [6.45, 7) is 5.88. The second-order valence-corrected chi connectivity index (χ2v) is 8.77. The summed E-state index contributed by atoms with van der Waals surface area (Å²) in [5.41, 5.74) is 0.998. The summed E-state index contributed by atoms with van der Waals surface area (Å²) < 4.78 is 5.44. The number of imide groups is 1. The van der Waals surface area contributed by atoms with Crippen LogP contribution in [0.5, 0.6) is 0 Å². The van der Waals surface area contributed by atoms with Crippen LogP contribution in [-0.4, -0.2) is 48.0 Å². The van der Waals surface area contributed by atoms with E-state index in [1.165, 1.54) is 4.90 Å².